The molecule has 5 nitrogen and oxygen atoms in total. The van der Waals surface area contributed by atoms with Crippen molar-refractivity contribution < 1.29 is 9.53 Å². The van der Waals surface area contributed by atoms with Gasteiger partial charge in [0.25, 0.3) is 5.91 Å². The second-order valence-corrected chi connectivity index (χ2v) is 4.38. The van der Waals surface area contributed by atoms with E-state index in [2.05, 4.69) is 10.3 Å². The van der Waals surface area contributed by atoms with Gasteiger partial charge in [-0.15, -0.1) is 0 Å². The zero-order valence-corrected chi connectivity index (χ0v) is 10.9. The van der Waals surface area contributed by atoms with Crippen molar-refractivity contribution in [2.45, 2.75) is 13.3 Å². The van der Waals surface area contributed by atoms with Gasteiger partial charge in [0.15, 0.2) is 0 Å². The van der Waals surface area contributed by atoms with Gasteiger partial charge in [0.2, 0.25) is 0 Å². The van der Waals surface area contributed by atoms with Gasteiger partial charge < -0.3 is 15.0 Å². The van der Waals surface area contributed by atoms with Crippen LogP contribution in [0.1, 0.15) is 22.5 Å². The summed E-state index contributed by atoms with van der Waals surface area (Å²) >= 11 is 0. The smallest absolute Gasteiger partial charge is 0.257 e. The number of carbonyl (C=O) groups excluding carboxylic acids is 1. The number of pyridine rings is 1. The molecule has 1 N–H and O–H groups in total. The van der Waals surface area contributed by atoms with Gasteiger partial charge in [0, 0.05) is 38.6 Å². The van der Waals surface area contributed by atoms with Crippen LogP contribution in [0.5, 0.6) is 0 Å². The predicted molar refractivity (Wildman–Crippen MR) is 69.9 cm³/mol. The molecule has 0 aromatic carbocycles. The van der Waals surface area contributed by atoms with E-state index in [9.17, 15) is 4.79 Å². The third kappa shape index (κ3) is 2.79. The lowest BCUT2D eigenvalue weighted by Crippen LogP contribution is -2.33. The van der Waals surface area contributed by atoms with Crippen LogP contribution in [0.25, 0.3) is 0 Å². The van der Waals surface area contributed by atoms with Crippen molar-refractivity contribution in [1.82, 2.24) is 9.88 Å². The summed E-state index contributed by atoms with van der Waals surface area (Å²) in [6.45, 7) is 4.65. The first-order valence-corrected chi connectivity index (χ1v) is 6.24. The molecule has 0 aliphatic carbocycles. The molecular weight excluding hydrogens is 230 g/mol. The Balaban J connectivity index is 2.21. The van der Waals surface area contributed by atoms with E-state index in [0.29, 0.717) is 18.7 Å². The summed E-state index contributed by atoms with van der Waals surface area (Å²) in [5, 5.41) is 3.05. The molecule has 0 atom stereocenters. The highest BCUT2D eigenvalue weighted by Crippen LogP contribution is 2.18. The molecule has 1 amide bonds. The summed E-state index contributed by atoms with van der Waals surface area (Å²) in [4.78, 5) is 18.5. The molecule has 2 rings (SSSR count). The van der Waals surface area contributed by atoms with Gasteiger partial charge in [-0.05, 0) is 19.4 Å². The first-order valence-electron chi connectivity index (χ1n) is 6.24. The Kier molecular flexibility index (Phi) is 4.15. The van der Waals surface area contributed by atoms with Crippen LogP contribution >= 0.6 is 0 Å². The number of hydrogen-bond acceptors (Lipinski definition) is 4. The summed E-state index contributed by atoms with van der Waals surface area (Å²) in [5.41, 5.74) is 2.36. The SMILES string of the molecule is CNc1cc(C)ncc1C(=O)N1CCCOCC1. The Morgan fingerprint density at radius 3 is 3.06 bits per heavy atom. The van der Waals surface area contributed by atoms with Crippen LogP contribution in [-0.2, 0) is 4.74 Å². The second kappa shape index (κ2) is 5.82. The monoisotopic (exact) mass is 249 g/mol. The molecule has 0 saturated carbocycles. The maximum atomic E-state index is 12.4. The highest BCUT2D eigenvalue weighted by Gasteiger charge is 2.20. The number of anilines is 1. The highest BCUT2D eigenvalue weighted by atomic mass is 16.5. The van der Waals surface area contributed by atoms with E-state index in [1.54, 1.807) is 6.20 Å². The zero-order valence-electron chi connectivity index (χ0n) is 10.9. The van der Waals surface area contributed by atoms with E-state index in [1.807, 2.05) is 24.9 Å². The predicted octanol–water partition coefficient (Wildman–Crippen LogP) is 1.29. The summed E-state index contributed by atoms with van der Waals surface area (Å²) in [6, 6.07) is 1.89. The largest absolute Gasteiger partial charge is 0.387 e. The van der Waals surface area contributed by atoms with Crippen molar-refractivity contribution in [3.63, 3.8) is 0 Å². The van der Waals surface area contributed by atoms with Crippen LogP contribution in [0.15, 0.2) is 12.3 Å². The number of nitrogens with one attached hydrogen (secondary N) is 1. The average Bonchev–Trinajstić information content (AvgIpc) is 2.66. The van der Waals surface area contributed by atoms with Gasteiger partial charge in [0.05, 0.1) is 17.9 Å². The molecule has 0 radical (unpaired) electrons. The second-order valence-electron chi connectivity index (χ2n) is 4.38. The maximum absolute atomic E-state index is 12.4. The van der Waals surface area contributed by atoms with E-state index in [1.165, 1.54) is 0 Å². The van der Waals surface area contributed by atoms with Crippen molar-refractivity contribution in [2.24, 2.45) is 0 Å². The Morgan fingerprint density at radius 1 is 1.44 bits per heavy atom. The lowest BCUT2D eigenvalue weighted by atomic mass is 10.1. The Hall–Kier alpha value is -1.62. The Morgan fingerprint density at radius 2 is 2.28 bits per heavy atom. The molecule has 1 saturated heterocycles. The van der Waals surface area contributed by atoms with Gasteiger partial charge in [-0.2, -0.15) is 0 Å². The molecular formula is C13H19N3O2. The van der Waals surface area contributed by atoms with E-state index in [4.69, 9.17) is 4.74 Å². The number of carbonyl (C=O) groups is 1. The number of aromatic nitrogens is 1. The topological polar surface area (TPSA) is 54.5 Å². The van der Waals surface area contributed by atoms with Crippen molar-refractivity contribution in [3.8, 4) is 0 Å². The average molecular weight is 249 g/mol. The van der Waals surface area contributed by atoms with Crippen LogP contribution in [0, 0.1) is 6.92 Å². The lowest BCUT2D eigenvalue weighted by Gasteiger charge is -2.21. The van der Waals surface area contributed by atoms with Crippen molar-refractivity contribution in [1.29, 1.82) is 0 Å². The number of ether oxygens (including phenoxy) is 1. The molecule has 1 aliphatic heterocycles. The lowest BCUT2D eigenvalue weighted by molar-refractivity contribution is 0.0742. The highest BCUT2D eigenvalue weighted by molar-refractivity contribution is 5.99. The molecule has 5 heteroatoms. The molecule has 18 heavy (non-hydrogen) atoms. The Bertz CT molecular complexity index is 426. The summed E-state index contributed by atoms with van der Waals surface area (Å²) in [7, 11) is 1.82. The molecule has 1 fully saturated rings. The summed E-state index contributed by atoms with van der Waals surface area (Å²) in [5.74, 6) is 0.0253. The summed E-state index contributed by atoms with van der Waals surface area (Å²) < 4.78 is 5.36. The van der Waals surface area contributed by atoms with Crippen molar-refractivity contribution >= 4 is 11.6 Å². The fourth-order valence-electron chi connectivity index (χ4n) is 2.06. The number of hydrogen-bond donors (Lipinski definition) is 1. The minimum absolute atomic E-state index is 0.0253. The van der Waals surface area contributed by atoms with E-state index in [-0.39, 0.29) is 5.91 Å². The molecule has 1 aromatic heterocycles. The van der Waals surface area contributed by atoms with Gasteiger partial charge >= 0.3 is 0 Å². The third-order valence-electron chi connectivity index (χ3n) is 3.05. The molecule has 98 valence electrons. The molecule has 0 bridgehead atoms. The molecule has 1 aromatic rings. The quantitative estimate of drug-likeness (QED) is 0.858. The van der Waals surface area contributed by atoms with Crippen molar-refractivity contribution in [3.05, 3.63) is 23.5 Å². The van der Waals surface area contributed by atoms with Crippen LogP contribution < -0.4 is 5.32 Å². The van der Waals surface area contributed by atoms with Gasteiger partial charge in [-0.25, -0.2) is 0 Å². The molecule has 0 spiro atoms. The first kappa shape index (κ1) is 12.8. The number of amides is 1. The molecule has 2 heterocycles. The van der Waals surface area contributed by atoms with Gasteiger partial charge in [-0.3, -0.25) is 9.78 Å². The Labute approximate surface area is 107 Å². The number of aryl methyl sites for hydroxylation is 1. The summed E-state index contributed by atoms with van der Waals surface area (Å²) in [6.07, 6.45) is 2.54. The fraction of sp³-hybridized carbons (Fsp3) is 0.538. The van der Waals surface area contributed by atoms with Crippen LogP contribution in [0.4, 0.5) is 5.69 Å². The van der Waals surface area contributed by atoms with E-state index in [0.717, 1.165) is 31.0 Å². The minimum atomic E-state index is 0.0253. The normalized spacial score (nSPS) is 16.2. The number of nitrogens with zero attached hydrogens (tertiary/aromatic N) is 2. The van der Waals surface area contributed by atoms with Crippen LogP contribution in [0.3, 0.4) is 0 Å². The first-order chi connectivity index (χ1) is 8.72. The van der Waals surface area contributed by atoms with Crippen LogP contribution in [0.2, 0.25) is 0 Å². The molecule has 0 unspecified atom stereocenters. The minimum Gasteiger partial charge on any atom is -0.387 e. The molecule has 1 aliphatic rings. The fourth-order valence-corrected chi connectivity index (χ4v) is 2.06. The zero-order chi connectivity index (χ0) is 13.0. The third-order valence-corrected chi connectivity index (χ3v) is 3.05. The van der Waals surface area contributed by atoms with E-state index < -0.39 is 0 Å². The standard InChI is InChI=1S/C13H19N3O2/c1-10-8-12(14-2)11(9-15-10)13(17)16-4-3-6-18-7-5-16/h8-9H,3-7H2,1-2H3,(H,14,15). The van der Waals surface area contributed by atoms with E-state index >= 15 is 0 Å². The van der Waals surface area contributed by atoms with Gasteiger partial charge in [0.1, 0.15) is 0 Å². The van der Waals surface area contributed by atoms with Crippen molar-refractivity contribution in [2.75, 3.05) is 38.7 Å². The van der Waals surface area contributed by atoms with Gasteiger partial charge in [-0.1, -0.05) is 0 Å². The van der Waals surface area contributed by atoms with Crippen LogP contribution in [-0.4, -0.2) is 49.1 Å². The number of rotatable bonds is 2. The maximum Gasteiger partial charge on any atom is 0.257 e.